The van der Waals surface area contributed by atoms with Crippen molar-refractivity contribution in [1.82, 2.24) is 9.88 Å². The number of carbonyl (C=O) groups excluding carboxylic acids is 1. The highest BCUT2D eigenvalue weighted by Crippen LogP contribution is 2.46. The minimum absolute atomic E-state index is 0.151. The van der Waals surface area contributed by atoms with Crippen LogP contribution in [0.2, 0.25) is 0 Å². The zero-order valence-corrected chi connectivity index (χ0v) is 15.4. The lowest BCUT2D eigenvalue weighted by Crippen LogP contribution is -2.49. The Labute approximate surface area is 152 Å². The van der Waals surface area contributed by atoms with Gasteiger partial charge in [0, 0.05) is 29.8 Å². The SMILES string of the molecule is Cc1ncsc1CCC(=O)N1CCC2(CC1)c1ccccc1C[C@H]2O. The summed E-state index contributed by atoms with van der Waals surface area (Å²) in [6.07, 6.45) is 3.47. The van der Waals surface area contributed by atoms with Crippen LogP contribution < -0.4 is 0 Å². The molecule has 2 aliphatic rings. The lowest BCUT2D eigenvalue weighted by atomic mass is 9.72. The van der Waals surface area contributed by atoms with Crippen molar-refractivity contribution in [2.45, 2.75) is 50.5 Å². The van der Waals surface area contributed by atoms with Crippen LogP contribution >= 0.6 is 11.3 Å². The van der Waals surface area contributed by atoms with Gasteiger partial charge in [0.15, 0.2) is 0 Å². The summed E-state index contributed by atoms with van der Waals surface area (Å²) in [6, 6.07) is 8.40. The lowest BCUT2D eigenvalue weighted by molar-refractivity contribution is -0.133. The van der Waals surface area contributed by atoms with Crippen LogP contribution in [0.4, 0.5) is 0 Å². The van der Waals surface area contributed by atoms with Gasteiger partial charge in [-0.05, 0) is 43.7 Å². The molecule has 5 heteroatoms. The molecule has 1 aromatic heterocycles. The van der Waals surface area contributed by atoms with Gasteiger partial charge in [0.25, 0.3) is 0 Å². The van der Waals surface area contributed by atoms with Gasteiger partial charge in [0.2, 0.25) is 5.91 Å². The molecule has 1 fully saturated rings. The number of benzene rings is 1. The van der Waals surface area contributed by atoms with Crippen LogP contribution in [0.15, 0.2) is 29.8 Å². The standard InChI is InChI=1S/C20H24N2O2S/c1-14-17(25-13-21-14)6-7-19(24)22-10-8-20(9-11-22)16-5-3-2-4-15(16)12-18(20)23/h2-5,13,18,23H,6-12H2,1H3/t18-/m1/s1. The predicted molar refractivity (Wildman–Crippen MR) is 98.8 cm³/mol. The highest BCUT2D eigenvalue weighted by atomic mass is 32.1. The van der Waals surface area contributed by atoms with E-state index in [1.54, 1.807) is 11.3 Å². The predicted octanol–water partition coefficient (Wildman–Crippen LogP) is 2.86. The Balaban J connectivity index is 1.40. The van der Waals surface area contributed by atoms with Crippen molar-refractivity contribution in [2.75, 3.05) is 13.1 Å². The minimum atomic E-state index is -0.318. The number of carbonyl (C=O) groups is 1. The number of hydrogen-bond acceptors (Lipinski definition) is 4. The van der Waals surface area contributed by atoms with Crippen molar-refractivity contribution in [1.29, 1.82) is 0 Å². The van der Waals surface area contributed by atoms with Crippen LogP contribution in [-0.2, 0) is 23.1 Å². The van der Waals surface area contributed by atoms with Crippen molar-refractivity contribution in [3.8, 4) is 0 Å². The van der Waals surface area contributed by atoms with E-state index in [0.717, 1.165) is 44.5 Å². The monoisotopic (exact) mass is 356 g/mol. The Hall–Kier alpha value is -1.72. The molecule has 1 aliphatic heterocycles. The number of aryl methyl sites for hydroxylation is 2. The van der Waals surface area contributed by atoms with E-state index >= 15 is 0 Å². The third kappa shape index (κ3) is 2.89. The van der Waals surface area contributed by atoms with Crippen LogP contribution in [0.1, 0.15) is 41.0 Å². The summed E-state index contributed by atoms with van der Waals surface area (Å²) < 4.78 is 0. The van der Waals surface area contributed by atoms with Crippen LogP contribution in [0, 0.1) is 6.92 Å². The molecule has 0 unspecified atom stereocenters. The highest BCUT2D eigenvalue weighted by Gasteiger charge is 2.47. The van der Waals surface area contributed by atoms with E-state index in [0.29, 0.717) is 6.42 Å². The first-order valence-electron chi connectivity index (χ1n) is 9.03. The maximum absolute atomic E-state index is 12.6. The zero-order chi connectivity index (χ0) is 17.4. The number of fused-ring (bicyclic) bond motifs is 2. The van der Waals surface area contributed by atoms with Crippen molar-refractivity contribution < 1.29 is 9.90 Å². The van der Waals surface area contributed by atoms with Gasteiger partial charge >= 0.3 is 0 Å². The van der Waals surface area contributed by atoms with Gasteiger partial charge in [-0.15, -0.1) is 11.3 Å². The second-order valence-corrected chi connectivity index (χ2v) is 8.21. The number of piperidine rings is 1. The van der Waals surface area contributed by atoms with E-state index in [9.17, 15) is 9.90 Å². The van der Waals surface area contributed by atoms with E-state index in [1.165, 1.54) is 16.0 Å². The Morgan fingerprint density at radius 3 is 2.84 bits per heavy atom. The van der Waals surface area contributed by atoms with E-state index in [2.05, 4.69) is 23.2 Å². The molecule has 1 aromatic carbocycles. The van der Waals surface area contributed by atoms with Gasteiger partial charge in [-0.2, -0.15) is 0 Å². The Morgan fingerprint density at radius 2 is 2.12 bits per heavy atom. The summed E-state index contributed by atoms with van der Waals surface area (Å²) >= 11 is 1.63. The third-order valence-electron chi connectivity index (χ3n) is 6.02. The number of nitrogens with zero attached hydrogens (tertiary/aromatic N) is 2. The van der Waals surface area contributed by atoms with Crippen LogP contribution in [0.3, 0.4) is 0 Å². The first-order chi connectivity index (χ1) is 12.1. The van der Waals surface area contributed by atoms with Gasteiger partial charge in [0.05, 0.1) is 17.3 Å². The molecule has 132 valence electrons. The molecular formula is C20H24N2O2S. The summed E-state index contributed by atoms with van der Waals surface area (Å²) in [5.74, 6) is 0.225. The molecule has 1 saturated heterocycles. The molecule has 2 aromatic rings. The maximum atomic E-state index is 12.6. The van der Waals surface area contributed by atoms with Gasteiger partial charge < -0.3 is 10.0 Å². The molecule has 25 heavy (non-hydrogen) atoms. The van der Waals surface area contributed by atoms with Crippen LogP contribution in [-0.4, -0.2) is 40.1 Å². The normalized spacial score (nSPS) is 21.5. The van der Waals surface area contributed by atoms with Gasteiger partial charge in [-0.25, -0.2) is 4.98 Å². The Kier molecular flexibility index (Phi) is 4.38. The highest BCUT2D eigenvalue weighted by molar-refractivity contribution is 7.09. The van der Waals surface area contributed by atoms with Crippen molar-refractivity contribution in [3.63, 3.8) is 0 Å². The second kappa shape index (κ2) is 6.54. The number of thiazole rings is 1. The Morgan fingerprint density at radius 1 is 1.36 bits per heavy atom. The second-order valence-electron chi connectivity index (χ2n) is 7.27. The largest absolute Gasteiger partial charge is 0.392 e. The molecule has 0 bridgehead atoms. The average molecular weight is 356 g/mol. The fraction of sp³-hybridized carbons (Fsp3) is 0.500. The number of aliphatic hydroxyl groups is 1. The van der Waals surface area contributed by atoms with Gasteiger partial charge in [-0.1, -0.05) is 24.3 Å². The molecule has 1 aliphatic carbocycles. The van der Waals surface area contributed by atoms with E-state index in [-0.39, 0.29) is 17.4 Å². The van der Waals surface area contributed by atoms with E-state index < -0.39 is 0 Å². The first kappa shape index (κ1) is 16.7. The third-order valence-corrected chi connectivity index (χ3v) is 7.02. The fourth-order valence-electron chi connectivity index (χ4n) is 4.47. The van der Waals surface area contributed by atoms with E-state index in [1.807, 2.05) is 23.4 Å². The summed E-state index contributed by atoms with van der Waals surface area (Å²) in [4.78, 5) is 20.0. The first-order valence-corrected chi connectivity index (χ1v) is 9.91. The van der Waals surface area contributed by atoms with Crippen LogP contribution in [0.5, 0.6) is 0 Å². The van der Waals surface area contributed by atoms with Crippen LogP contribution in [0.25, 0.3) is 0 Å². The Bertz CT molecular complexity index is 778. The molecule has 0 saturated carbocycles. The molecular weight excluding hydrogens is 332 g/mol. The number of rotatable bonds is 3. The topological polar surface area (TPSA) is 53.4 Å². The average Bonchev–Trinajstić information content (AvgIpc) is 3.15. The lowest BCUT2D eigenvalue weighted by Gasteiger charge is -2.42. The summed E-state index contributed by atoms with van der Waals surface area (Å²) in [5.41, 5.74) is 5.31. The summed E-state index contributed by atoms with van der Waals surface area (Å²) in [5, 5.41) is 10.7. The number of aromatic nitrogens is 1. The van der Waals surface area contributed by atoms with Crippen molar-refractivity contribution >= 4 is 17.2 Å². The number of amides is 1. The van der Waals surface area contributed by atoms with Gasteiger partial charge in [0.1, 0.15) is 0 Å². The van der Waals surface area contributed by atoms with Gasteiger partial charge in [-0.3, -0.25) is 4.79 Å². The quantitative estimate of drug-likeness (QED) is 0.920. The molecule has 0 radical (unpaired) electrons. The van der Waals surface area contributed by atoms with Crippen molar-refractivity contribution in [3.05, 3.63) is 51.5 Å². The maximum Gasteiger partial charge on any atom is 0.222 e. The number of likely N-dealkylation sites (tertiary alicyclic amines) is 1. The number of aliphatic hydroxyl groups excluding tert-OH is 1. The molecule has 2 heterocycles. The summed E-state index contributed by atoms with van der Waals surface area (Å²) in [6.45, 7) is 3.48. The van der Waals surface area contributed by atoms with Crippen molar-refractivity contribution in [2.24, 2.45) is 0 Å². The number of hydrogen-bond donors (Lipinski definition) is 1. The zero-order valence-electron chi connectivity index (χ0n) is 14.6. The molecule has 1 spiro atoms. The summed E-state index contributed by atoms with van der Waals surface area (Å²) in [7, 11) is 0. The van der Waals surface area contributed by atoms with E-state index in [4.69, 9.17) is 0 Å². The molecule has 1 amide bonds. The molecule has 1 atom stereocenters. The minimum Gasteiger partial charge on any atom is -0.392 e. The smallest absolute Gasteiger partial charge is 0.222 e. The molecule has 4 nitrogen and oxygen atoms in total. The molecule has 1 N–H and O–H groups in total. The molecule has 4 rings (SSSR count). The fourth-order valence-corrected chi connectivity index (χ4v) is 5.25.